The zero-order chi connectivity index (χ0) is 11.7. The number of aromatic hydroxyl groups is 1. The Labute approximate surface area is 101 Å². The van der Waals surface area contributed by atoms with Crippen molar-refractivity contribution in [2.24, 2.45) is 0 Å². The van der Waals surface area contributed by atoms with Crippen molar-refractivity contribution >= 4 is 21.7 Å². The summed E-state index contributed by atoms with van der Waals surface area (Å²) in [4.78, 5) is 11.0. The summed E-state index contributed by atoms with van der Waals surface area (Å²) in [5.74, 6) is 1.08. The third-order valence-electron chi connectivity index (χ3n) is 2.27. The molecule has 0 spiro atoms. The first-order valence-electron chi connectivity index (χ1n) is 4.89. The minimum atomic E-state index is -0.0149. The number of phenolic OH excluding ortho intramolecular Hbond substituents is 1. The molecule has 4 nitrogen and oxygen atoms in total. The van der Waals surface area contributed by atoms with Crippen molar-refractivity contribution in [1.29, 1.82) is 0 Å². The van der Waals surface area contributed by atoms with Crippen molar-refractivity contribution in [2.75, 3.05) is 13.2 Å². The summed E-state index contributed by atoms with van der Waals surface area (Å²) in [6.07, 6.45) is 0.182. The van der Waals surface area contributed by atoms with Crippen LogP contribution >= 0.6 is 15.9 Å². The molecule has 0 aromatic heterocycles. The number of hydrogen-bond acceptors (Lipinski definition) is 4. The van der Waals surface area contributed by atoms with E-state index in [0.717, 1.165) is 0 Å². The van der Waals surface area contributed by atoms with Crippen LogP contribution in [0.5, 0.6) is 17.2 Å². The SMILES string of the molecule is CC(=O)Cc1cc2c(c(Br)c1O)OCCO2. The highest BCUT2D eigenvalue weighted by molar-refractivity contribution is 9.10. The Hall–Kier alpha value is -1.23. The lowest BCUT2D eigenvalue weighted by atomic mass is 10.1. The Morgan fingerprint density at radius 3 is 2.88 bits per heavy atom. The van der Waals surface area contributed by atoms with E-state index in [2.05, 4.69) is 15.9 Å². The number of ketones is 1. The van der Waals surface area contributed by atoms with E-state index in [1.54, 1.807) is 6.07 Å². The van der Waals surface area contributed by atoms with Crippen molar-refractivity contribution in [2.45, 2.75) is 13.3 Å². The summed E-state index contributed by atoms with van der Waals surface area (Å²) in [5, 5.41) is 9.87. The highest BCUT2D eigenvalue weighted by atomic mass is 79.9. The standard InChI is InChI=1S/C11H11BrO4/c1-6(13)4-7-5-8-11(9(12)10(7)14)16-3-2-15-8/h5,14H,2-4H2,1H3. The molecule has 0 atom stereocenters. The quantitative estimate of drug-likeness (QED) is 0.904. The van der Waals surface area contributed by atoms with Crippen molar-refractivity contribution in [3.8, 4) is 17.2 Å². The second-order valence-corrected chi connectivity index (χ2v) is 4.39. The molecule has 5 heteroatoms. The van der Waals surface area contributed by atoms with E-state index in [-0.39, 0.29) is 18.0 Å². The molecule has 1 aromatic carbocycles. The molecule has 0 unspecified atom stereocenters. The largest absolute Gasteiger partial charge is 0.506 e. The van der Waals surface area contributed by atoms with Gasteiger partial charge in [0.05, 0.1) is 0 Å². The Balaban J connectivity index is 2.48. The van der Waals surface area contributed by atoms with Crippen LogP contribution in [0.1, 0.15) is 12.5 Å². The zero-order valence-electron chi connectivity index (χ0n) is 8.75. The molecular formula is C11H11BrO4. The van der Waals surface area contributed by atoms with Gasteiger partial charge >= 0.3 is 0 Å². The number of phenols is 1. The van der Waals surface area contributed by atoms with Gasteiger partial charge < -0.3 is 14.6 Å². The average Bonchev–Trinajstić information content (AvgIpc) is 2.25. The van der Waals surface area contributed by atoms with E-state index in [4.69, 9.17) is 9.47 Å². The van der Waals surface area contributed by atoms with Gasteiger partial charge in [-0.25, -0.2) is 0 Å². The number of halogens is 1. The summed E-state index contributed by atoms with van der Waals surface area (Å²) >= 11 is 3.24. The Kier molecular flexibility index (Phi) is 3.05. The molecule has 0 radical (unpaired) electrons. The number of carbonyl (C=O) groups is 1. The Morgan fingerprint density at radius 2 is 2.19 bits per heavy atom. The minimum absolute atomic E-state index is 0.0149. The molecule has 0 fully saturated rings. The number of benzene rings is 1. The lowest BCUT2D eigenvalue weighted by molar-refractivity contribution is -0.116. The highest BCUT2D eigenvalue weighted by Gasteiger charge is 2.21. The molecule has 0 aliphatic carbocycles. The van der Waals surface area contributed by atoms with Gasteiger partial charge in [0.1, 0.15) is 29.2 Å². The van der Waals surface area contributed by atoms with Gasteiger partial charge in [-0.3, -0.25) is 4.79 Å². The lowest BCUT2D eigenvalue weighted by Gasteiger charge is -2.21. The molecule has 16 heavy (non-hydrogen) atoms. The van der Waals surface area contributed by atoms with Crippen LogP contribution in [0.4, 0.5) is 0 Å². The summed E-state index contributed by atoms with van der Waals surface area (Å²) in [6, 6.07) is 1.65. The number of fused-ring (bicyclic) bond motifs is 1. The van der Waals surface area contributed by atoms with E-state index in [1.807, 2.05) is 0 Å². The minimum Gasteiger partial charge on any atom is -0.506 e. The van der Waals surface area contributed by atoms with E-state index < -0.39 is 0 Å². The summed E-state index contributed by atoms with van der Waals surface area (Å²) in [7, 11) is 0. The zero-order valence-corrected chi connectivity index (χ0v) is 10.3. The fourth-order valence-electron chi connectivity index (χ4n) is 1.59. The molecule has 86 valence electrons. The van der Waals surface area contributed by atoms with Crippen LogP contribution in [0, 0.1) is 0 Å². The lowest BCUT2D eigenvalue weighted by Crippen LogP contribution is -2.16. The first kappa shape index (κ1) is 11.3. The fourth-order valence-corrected chi connectivity index (χ4v) is 2.15. The molecule has 0 amide bonds. The first-order chi connectivity index (χ1) is 7.59. The molecule has 0 saturated heterocycles. The predicted molar refractivity (Wildman–Crippen MR) is 61.2 cm³/mol. The van der Waals surface area contributed by atoms with E-state index in [1.165, 1.54) is 6.92 Å². The number of Topliss-reactive ketones (excluding diaryl/α,β-unsaturated/α-hetero) is 1. The van der Waals surface area contributed by atoms with Crippen molar-refractivity contribution in [3.63, 3.8) is 0 Å². The van der Waals surface area contributed by atoms with Gasteiger partial charge in [-0.2, -0.15) is 0 Å². The summed E-state index contributed by atoms with van der Waals surface area (Å²) < 4.78 is 11.2. The number of rotatable bonds is 2. The maximum atomic E-state index is 11.0. The average molecular weight is 287 g/mol. The van der Waals surface area contributed by atoms with Gasteiger partial charge in [-0.1, -0.05) is 0 Å². The molecular weight excluding hydrogens is 276 g/mol. The third kappa shape index (κ3) is 2.00. The topological polar surface area (TPSA) is 55.8 Å². The smallest absolute Gasteiger partial charge is 0.179 e. The normalized spacial score (nSPS) is 13.6. The van der Waals surface area contributed by atoms with Gasteiger partial charge in [-0.05, 0) is 28.9 Å². The second-order valence-electron chi connectivity index (χ2n) is 3.60. The van der Waals surface area contributed by atoms with E-state index in [0.29, 0.717) is 34.7 Å². The van der Waals surface area contributed by atoms with Crippen molar-refractivity contribution < 1.29 is 19.4 Å². The van der Waals surface area contributed by atoms with E-state index in [9.17, 15) is 9.90 Å². The van der Waals surface area contributed by atoms with Crippen LogP contribution in [0.3, 0.4) is 0 Å². The molecule has 1 heterocycles. The third-order valence-corrected chi connectivity index (χ3v) is 3.00. The van der Waals surface area contributed by atoms with Gasteiger partial charge in [0.25, 0.3) is 0 Å². The van der Waals surface area contributed by atoms with Crippen LogP contribution in [0.25, 0.3) is 0 Å². The Bertz CT molecular complexity index is 442. The van der Waals surface area contributed by atoms with Crippen LogP contribution in [-0.4, -0.2) is 24.1 Å². The molecule has 1 aliphatic rings. The first-order valence-corrected chi connectivity index (χ1v) is 5.68. The molecule has 0 bridgehead atoms. The van der Waals surface area contributed by atoms with Gasteiger partial charge in [-0.15, -0.1) is 0 Å². The van der Waals surface area contributed by atoms with Gasteiger partial charge in [0, 0.05) is 12.0 Å². The van der Waals surface area contributed by atoms with Gasteiger partial charge in [0.2, 0.25) is 0 Å². The fraction of sp³-hybridized carbons (Fsp3) is 0.364. The van der Waals surface area contributed by atoms with Crippen LogP contribution < -0.4 is 9.47 Å². The van der Waals surface area contributed by atoms with Gasteiger partial charge in [0.15, 0.2) is 11.5 Å². The maximum Gasteiger partial charge on any atom is 0.179 e. The molecule has 0 saturated carbocycles. The van der Waals surface area contributed by atoms with Crippen LogP contribution in [0.15, 0.2) is 10.5 Å². The molecule has 1 N–H and O–H groups in total. The maximum absolute atomic E-state index is 11.0. The molecule has 1 aliphatic heterocycles. The summed E-state index contributed by atoms with van der Waals surface area (Å²) in [5.41, 5.74) is 0.545. The van der Waals surface area contributed by atoms with Crippen LogP contribution in [-0.2, 0) is 11.2 Å². The van der Waals surface area contributed by atoms with Crippen LogP contribution in [0.2, 0.25) is 0 Å². The van der Waals surface area contributed by atoms with Crippen molar-refractivity contribution in [3.05, 3.63) is 16.1 Å². The predicted octanol–water partition coefficient (Wildman–Crippen LogP) is 2.06. The highest BCUT2D eigenvalue weighted by Crippen LogP contribution is 2.45. The second kappa shape index (κ2) is 4.33. The molecule has 2 rings (SSSR count). The Morgan fingerprint density at radius 1 is 1.50 bits per heavy atom. The molecule has 1 aromatic rings. The summed E-state index contributed by atoms with van der Waals surface area (Å²) in [6.45, 7) is 2.41. The number of ether oxygens (including phenoxy) is 2. The van der Waals surface area contributed by atoms with Crippen molar-refractivity contribution in [1.82, 2.24) is 0 Å². The number of hydrogen-bond donors (Lipinski definition) is 1. The number of carbonyl (C=O) groups excluding carboxylic acids is 1. The monoisotopic (exact) mass is 286 g/mol. The van der Waals surface area contributed by atoms with E-state index >= 15 is 0 Å².